The van der Waals surface area contributed by atoms with Crippen LogP contribution in [0.15, 0.2) is 18.2 Å². The number of piperazine rings is 1. The van der Waals surface area contributed by atoms with Gasteiger partial charge in [0.1, 0.15) is 5.82 Å². The number of hydrogen-bond acceptors (Lipinski definition) is 10. The fourth-order valence-electron chi connectivity index (χ4n) is 5.64. The number of aryl methyl sites for hydroxylation is 1. The fourth-order valence-corrected chi connectivity index (χ4v) is 6.89. The summed E-state index contributed by atoms with van der Waals surface area (Å²) < 4.78 is 61.9. The summed E-state index contributed by atoms with van der Waals surface area (Å²) in [5.41, 5.74) is -0.266. The van der Waals surface area contributed by atoms with Gasteiger partial charge >= 0.3 is 12.1 Å². The Morgan fingerprint density at radius 1 is 1.13 bits per heavy atom. The van der Waals surface area contributed by atoms with Crippen LogP contribution in [0.4, 0.5) is 34.3 Å². The highest BCUT2D eigenvalue weighted by atomic mass is 35.5. The number of benzene rings is 1. The zero-order valence-corrected chi connectivity index (χ0v) is 27.0. The number of nitrogens with one attached hydrogen (secondary N) is 1. The molecule has 1 aromatic carbocycles. The Kier molecular flexibility index (Phi) is 10.5. The second-order valence-electron chi connectivity index (χ2n) is 11.2. The van der Waals surface area contributed by atoms with Crippen molar-refractivity contribution >= 4 is 45.7 Å². The highest BCUT2D eigenvalue weighted by Gasteiger charge is 2.32. The predicted molar refractivity (Wildman–Crippen MR) is 167 cm³/mol. The smallest absolute Gasteiger partial charge is 0.416 e. The first kappa shape index (κ1) is 33.3. The minimum Gasteiger partial charge on any atom is -0.466 e. The SMILES string of the molecule is CCOC(=O)CCN1CCN(c2nc(C)nc(Nc3nc(-c4cc(Cl)cc(C(F)(F)F)c4)c(CN4CCC[C@H]4C)s3)c2F)CC1. The van der Waals surface area contributed by atoms with Crippen LogP contribution in [0.1, 0.15) is 49.4 Å². The first-order valence-corrected chi connectivity index (χ1v) is 16.2. The standard InChI is InChI=1S/C30H36ClF4N7O2S/c1-4-44-24(43)7-9-40-10-12-41(13-11-40)28-25(32)27(36-19(3)37-28)39-29-38-26(23(45-29)17-42-8-5-6-18(42)2)20-14-21(30(33,34)35)16-22(31)15-20/h14-16,18H,4-13,17H2,1-3H3,(H,36,37,38,39)/t18-/m1/s1. The van der Waals surface area contributed by atoms with Gasteiger partial charge in [-0.3, -0.25) is 14.6 Å². The molecule has 0 radical (unpaired) electrons. The zero-order chi connectivity index (χ0) is 32.3. The summed E-state index contributed by atoms with van der Waals surface area (Å²) >= 11 is 7.38. The number of carbonyl (C=O) groups excluding carboxylic acids is 1. The number of esters is 1. The van der Waals surface area contributed by atoms with E-state index < -0.39 is 17.6 Å². The molecule has 0 aliphatic carbocycles. The first-order valence-electron chi connectivity index (χ1n) is 15.0. The molecule has 3 aromatic rings. The number of anilines is 3. The monoisotopic (exact) mass is 669 g/mol. The van der Waals surface area contributed by atoms with Crippen LogP contribution in [-0.4, -0.2) is 82.6 Å². The molecule has 244 valence electrons. The maximum absolute atomic E-state index is 15.9. The van der Waals surface area contributed by atoms with Gasteiger partial charge in [-0.25, -0.2) is 15.0 Å². The summed E-state index contributed by atoms with van der Waals surface area (Å²) in [5, 5.41) is 3.24. The molecule has 0 unspecified atom stereocenters. The van der Waals surface area contributed by atoms with Crippen LogP contribution < -0.4 is 10.2 Å². The largest absolute Gasteiger partial charge is 0.466 e. The first-order chi connectivity index (χ1) is 21.4. The molecule has 0 spiro atoms. The Bertz CT molecular complexity index is 1510. The summed E-state index contributed by atoms with van der Waals surface area (Å²) in [5.74, 6) is -0.443. The highest BCUT2D eigenvalue weighted by Crippen LogP contribution is 2.39. The zero-order valence-electron chi connectivity index (χ0n) is 25.4. The van der Waals surface area contributed by atoms with Crippen molar-refractivity contribution in [1.82, 2.24) is 24.8 Å². The molecule has 2 saturated heterocycles. The van der Waals surface area contributed by atoms with E-state index in [-0.39, 0.29) is 28.2 Å². The lowest BCUT2D eigenvalue weighted by atomic mass is 10.1. The quantitative estimate of drug-likeness (QED) is 0.191. The van der Waals surface area contributed by atoms with Gasteiger partial charge in [0, 0.05) is 60.8 Å². The van der Waals surface area contributed by atoms with Gasteiger partial charge in [-0.05, 0) is 58.4 Å². The molecule has 2 aliphatic rings. The van der Waals surface area contributed by atoms with Gasteiger partial charge in [0.15, 0.2) is 16.8 Å². The molecular weight excluding hydrogens is 634 g/mol. The molecule has 2 aliphatic heterocycles. The Labute approximate surface area is 268 Å². The summed E-state index contributed by atoms with van der Waals surface area (Å²) in [6, 6.07) is 3.71. The maximum Gasteiger partial charge on any atom is 0.416 e. The molecule has 0 saturated carbocycles. The Morgan fingerprint density at radius 2 is 1.89 bits per heavy atom. The minimum atomic E-state index is -4.58. The van der Waals surface area contributed by atoms with Gasteiger partial charge in [-0.2, -0.15) is 17.6 Å². The summed E-state index contributed by atoms with van der Waals surface area (Å²) in [6.45, 7) is 10.1. The lowest BCUT2D eigenvalue weighted by molar-refractivity contribution is -0.143. The number of ether oxygens (including phenoxy) is 1. The molecule has 0 amide bonds. The van der Waals surface area contributed by atoms with Gasteiger partial charge in [0.2, 0.25) is 5.82 Å². The van der Waals surface area contributed by atoms with Gasteiger partial charge in [-0.15, -0.1) is 0 Å². The average Bonchev–Trinajstić information content (AvgIpc) is 3.58. The third-order valence-electron chi connectivity index (χ3n) is 8.01. The van der Waals surface area contributed by atoms with Crippen molar-refractivity contribution in [3.63, 3.8) is 0 Å². The normalized spacial score (nSPS) is 18.0. The van der Waals surface area contributed by atoms with Crippen molar-refractivity contribution in [2.24, 2.45) is 0 Å². The van der Waals surface area contributed by atoms with Crippen molar-refractivity contribution in [2.75, 3.05) is 56.1 Å². The van der Waals surface area contributed by atoms with E-state index in [2.05, 4.69) is 37.0 Å². The summed E-state index contributed by atoms with van der Waals surface area (Å²) in [7, 11) is 0. The number of halogens is 5. The number of hydrogen-bond donors (Lipinski definition) is 1. The average molecular weight is 670 g/mol. The topological polar surface area (TPSA) is 86.7 Å². The van der Waals surface area contributed by atoms with E-state index in [0.717, 1.165) is 36.4 Å². The molecule has 1 N–H and O–H groups in total. The number of rotatable bonds is 10. The molecule has 5 rings (SSSR count). The van der Waals surface area contributed by atoms with Gasteiger partial charge in [0.25, 0.3) is 0 Å². The number of likely N-dealkylation sites (tertiary alicyclic amines) is 1. The van der Waals surface area contributed by atoms with E-state index >= 15 is 4.39 Å². The van der Waals surface area contributed by atoms with Crippen molar-refractivity contribution in [2.45, 2.75) is 58.8 Å². The van der Waals surface area contributed by atoms with Crippen molar-refractivity contribution < 1.29 is 27.1 Å². The molecule has 2 fully saturated rings. The van der Waals surface area contributed by atoms with E-state index in [4.69, 9.17) is 16.3 Å². The van der Waals surface area contributed by atoms with Crippen molar-refractivity contribution in [1.29, 1.82) is 0 Å². The molecule has 4 heterocycles. The molecular formula is C30H36ClF4N7O2S. The molecule has 2 aromatic heterocycles. The Morgan fingerprint density at radius 3 is 2.56 bits per heavy atom. The third kappa shape index (κ3) is 8.21. The van der Waals surface area contributed by atoms with Crippen LogP contribution in [0.3, 0.4) is 0 Å². The molecule has 0 bridgehead atoms. The summed E-state index contributed by atoms with van der Waals surface area (Å²) in [6.07, 6.45) is -2.22. The van der Waals surface area contributed by atoms with Crippen LogP contribution in [0.25, 0.3) is 11.3 Å². The van der Waals surface area contributed by atoms with E-state index in [1.807, 2.05) is 4.90 Å². The number of carbonyl (C=O) groups is 1. The van der Waals surface area contributed by atoms with Crippen LogP contribution in [-0.2, 0) is 22.3 Å². The van der Waals surface area contributed by atoms with Gasteiger partial charge < -0.3 is 15.0 Å². The van der Waals surface area contributed by atoms with E-state index in [0.29, 0.717) is 75.0 Å². The number of alkyl halides is 3. The van der Waals surface area contributed by atoms with Crippen LogP contribution in [0, 0.1) is 12.7 Å². The maximum atomic E-state index is 15.9. The third-order valence-corrected chi connectivity index (χ3v) is 9.19. The molecule has 15 heteroatoms. The van der Waals surface area contributed by atoms with Gasteiger partial charge in [-0.1, -0.05) is 22.9 Å². The second kappa shape index (κ2) is 14.1. The van der Waals surface area contributed by atoms with Crippen molar-refractivity contribution in [3.8, 4) is 11.3 Å². The van der Waals surface area contributed by atoms with Crippen LogP contribution >= 0.6 is 22.9 Å². The van der Waals surface area contributed by atoms with E-state index in [9.17, 15) is 18.0 Å². The Hall–Kier alpha value is -3.07. The van der Waals surface area contributed by atoms with Gasteiger partial charge in [0.05, 0.1) is 24.3 Å². The summed E-state index contributed by atoms with van der Waals surface area (Å²) in [4.78, 5) is 32.0. The highest BCUT2D eigenvalue weighted by molar-refractivity contribution is 7.16. The lowest BCUT2D eigenvalue weighted by Gasteiger charge is -2.35. The fraction of sp³-hybridized carbons (Fsp3) is 0.533. The van der Waals surface area contributed by atoms with Crippen LogP contribution in [0.2, 0.25) is 5.02 Å². The van der Waals surface area contributed by atoms with E-state index in [1.54, 1.807) is 13.8 Å². The second-order valence-corrected chi connectivity index (χ2v) is 12.8. The number of thiazole rings is 1. The predicted octanol–water partition coefficient (Wildman–Crippen LogP) is 6.52. The molecule has 45 heavy (non-hydrogen) atoms. The van der Waals surface area contributed by atoms with E-state index in [1.165, 1.54) is 17.4 Å². The molecule has 1 atom stereocenters. The minimum absolute atomic E-state index is 0.0501. The number of aromatic nitrogens is 3. The van der Waals surface area contributed by atoms with Crippen molar-refractivity contribution in [3.05, 3.63) is 45.3 Å². The lowest BCUT2D eigenvalue weighted by Crippen LogP contribution is -2.47. The Balaban J connectivity index is 1.39. The van der Waals surface area contributed by atoms with Crippen LogP contribution in [0.5, 0.6) is 0 Å². The molecule has 9 nitrogen and oxygen atoms in total. The number of nitrogens with zero attached hydrogens (tertiary/aromatic N) is 6.